The Morgan fingerprint density at radius 1 is 1.45 bits per heavy atom. The number of hydrogen-bond donors (Lipinski definition) is 2. The zero-order valence-corrected chi connectivity index (χ0v) is 13.7. The van der Waals surface area contributed by atoms with Gasteiger partial charge in [0.05, 0.1) is 24.2 Å². The van der Waals surface area contributed by atoms with Gasteiger partial charge in [-0.2, -0.15) is 0 Å². The highest BCUT2D eigenvalue weighted by atomic mass is 79.9. The molecular weight excluding hydrogens is 322 g/mol. The van der Waals surface area contributed by atoms with Crippen LogP contribution in [-0.2, 0) is 11.2 Å². The van der Waals surface area contributed by atoms with Crippen LogP contribution in [0.15, 0.2) is 22.7 Å². The lowest BCUT2D eigenvalue weighted by molar-refractivity contribution is -0.122. The quantitative estimate of drug-likeness (QED) is 0.799. The molecule has 1 aromatic carbocycles. The lowest BCUT2D eigenvalue weighted by atomic mass is 10.0. The number of carbonyl (C=O) groups excluding carboxylic acids is 1. The Balaban J connectivity index is 2.50. The molecule has 2 N–H and O–H groups in total. The van der Waals surface area contributed by atoms with E-state index < -0.39 is 0 Å². The fourth-order valence-electron chi connectivity index (χ4n) is 1.83. The van der Waals surface area contributed by atoms with Gasteiger partial charge in [0.15, 0.2) is 0 Å². The Bertz CT molecular complexity index is 449. The van der Waals surface area contributed by atoms with Crippen molar-refractivity contribution in [1.82, 2.24) is 5.32 Å². The van der Waals surface area contributed by atoms with Gasteiger partial charge in [0.2, 0.25) is 5.91 Å². The third kappa shape index (κ3) is 5.13. The highest BCUT2D eigenvalue weighted by molar-refractivity contribution is 9.10. The molecule has 0 saturated carbocycles. The van der Waals surface area contributed by atoms with E-state index in [9.17, 15) is 9.90 Å². The number of benzene rings is 1. The smallest absolute Gasteiger partial charge is 0.220 e. The average molecular weight is 344 g/mol. The summed E-state index contributed by atoms with van der Waals surface area (Å²) in [6, 6.07) is 5.60. The molecule has 1 rings (SSSR count). The Morgan fingerprint density at radius 2 is 2.15 bits per heavy atom. The molecule has 0 aliphatic heterocycles. The second-order valence-corrected chi connectivity index (χ2v) is 5.92. The van der Waals surface area contributed by atoms with E-state index in [2.05, 4.69) is 21.2 Å². The van der Waals surface area contributed by atoms with Crippen molar-refractivity contribution in [3.05, 3.63) is 28.2 Å². The normalized spacial score (nSPS) is 12.3. The van der Waals surface area contributed by atoms with Gasteiger partial charge in [0, 0.05) is 6.42 Å². The summed E-state index contributed by atoms with van der Waals surface area (Å²) in [5.41, 5.74) is 1.07. The molecule has 1 aromatic rings. The molecule has 0 spiro atoms. The molecular formula is C15H22BrNO3. The molecule has 0 fully saturated rings. The van der Waals surface area contributed by atoms with Gasteiger partial charge in [-0.1, -0.05) is 19.9 Å². The number of halogens is 1. The van der Waals surface area contributed by atoms with Crippen molar-refractivity contribution in [3.8, 4) is 5.75 Å². The summed E-state index contributed by atoms with van der Waals surface area (Å²) in [5, 5.41) is 12.0. The molecule has 0 radical (unpaired) electrons. The van der Waals surface area contributed by atoms with E-state index in [0.717, 1.165) is 15.8 Å². The second kappa shape index (κ2) is 8.27. The third-order valence-electron chi connectivity index (χ3n) is 3.20. The van der Waals surface area contributed by atoms with Crippen LogP contribution in [-0.4, -0.2) is 30.8 Å². The summed E-state index contributed by atoms with van der Waals surface area (Å²) in [6.07, 6.45) is 1.06. The fourth-order valence-corrected chi connectivity index (χ4v) is 2.41. The number of ether oxygens (including phenoxy) is 1. The SMILES string of the molecule is COc1ccc(CCC(=O)N[C@H](CO)C(C)C)cc1Br. The highest BCUT2D eigenvalue weighted by Crippen LogP contribution is 2.25. The van der Waals surface area contributed by atoms with E-state index in [1.165, 1.54) is 0 Å². The standard InChI is InChI=1S/C15H22BrNO3/c1-10(2)13(9-18)17-15(19)7-5-11-4-6-14(20-3)12(16)8-11/h4,6,8,10,13,18H,5,7,9H2,1-3H3,(H,17,19)/t13-/m1/s1. The number of amides is 1. The average Bonchev–Trinajstić information content (AvgIpc) is 2.42. The minimum atomic E-state index is -0.176. The van der Waals surface area contributed by atoms with Crippen molar-refractivity contribution >= 4 is 21.8 Å². The minimum absolute atomic E-state index is 0.0303. The van der Waals surface area contributed by atoms with Gasteiger partial charge in [-0.15, -0.1) is 0 Å². The zero-order valence-electron chi connectivity index (χ0n) is 12.1. The van der Waals surface area contributed by atoms with Gasteiger partial charge in [0.1, 0.15) is 5.75 Å². The number of aliphatic hydroxyl groups is 1. The fraction of sp³-hybridized carbons (Fsp3) is 0.533. The van der Waals surface area contributed by atoms with Crippen molar-refractivity contribution in [2.75, 3.05) is 13.7 Å². The van der Waals surface area contributed by atoms with Crippen LogP contribution in [0.2, 0.25) is 0 Å². The van der Waals surface area contributed by atoms with Crippen LogP contribution in [0.4, 0.5) is 0 Å². The minimum Gasteiger partial charge on any atom is -0.496 e. The van der Waals surface area contributed by atoms with E-state index in [1.807, 2.05) is 32.0 Å². The summed E-state index contributed by atoms with van der Waals surface area (Å²) >= 11 is 3.43. The third-order valence-corrected chi connectivity index (χ3v) is 3.82. The first kappa shape index (κ1) is 17.0. The van der Waals surface area contributed by atoms with Crippen molar-refractivity contribution in [1.29, 1.82) is 0 Å². The van der Waals surface area contributed by atoms with E-state index in [-0.39, 0.29) is 24.5 Å². The molecule has 1 atom stereocenters. The van der Waals surface area contributed by atoms with Crippen LogP contribution in [0.3, 0.4) is 0 Å². The van der Waals surface area contributed by atoms with Crippen molar-refractivity contribution < 1.29 is 14.6 Å². The maximum absolute atomic E-state index is 11.8. The van der Waals surface area contributed by atoms with Gasteiger partial charge in [-0.25, -0.2) is 0 Å². The van der Waals surface area contributed by atoms with E-state index in [0.29, 0.717) is 12.8 Å². The molecule has 0 heterocycles. The first-order valence-corrected chi connectivity index (χ1v) is 7.49. The predicted molar refractivity (Wildman–Crippen MR) is 82.9 cm³/mol. The second-order valence-electron chi connectivity index (χ2n) is 5.07. The number of carbonyl (C=O) groups is 1. The molecule has 0 saturated heterocycles. The molecule has 112 valence electrons. The van der Waals surface area contributed by atoms with Gasteiger partial charge < -0.3 is 15.2 Å². The maximum Gasteiger partial charge on any atom is 0.220 e. The first-order valence-electron chi connectivity index (χ1n) is 6.70. The van der Waals surface area contributed by atoms with Gasteiger partial charge in [-0.05, 0) is 46.0 Å². The predicted octanol–water partition coefficient (Wildman–Crippen LogP) is 2.52. The first-order chi connectivity index (χ1) is 9.47. The van der Waals surface area contributed by atoms with Crippen molar-refractivity contribution in [2.45, 2.75) is 32.7 Å². The lowest BCUT2D eigenvalue weighted by Crippen LogP contribution is -2.41. The number of hydrogen-bond acceptors (Lipinski definition) is 3. The molecule has 4 nitrogen and oxygen atoms in total. The number of methoxy groups -OCH3 is 1. The van der Waals surface area contributed by atoms with Crippen LogP contribution in [0.5, 0.6) is 5.75 Å². The molecule has 0 aliphatic carbocycles. The molecule has 0 unspecified atom stereocenters. The molecule has 1 amide bonds. The summed E-state index contributed by atoms with van der Waals surface area (Å²) in [6.45, 7) is 3.92. The van der Waals surface area contributed by atoms with Crippen molar-refractivity contribution in [3.63, 3.8) is 0 Å². The highest BCUT2D eigenvalue weighted by Gasteiger charge is 2.14. The number of aliphatic hydroxyl groups excluding tert-OH is 1. The summed E-state index contributed by atoms with van der Waals surface area (Å²) in [7, 11) is 1.62. The zero-order chi connectivity index (χ0) is 15.1. The van der Waals surface area contributed by atoms with Crippen LogP contribution in [0.25, 0.3) is 0 Å². The van der Waals surface area contributed by atoms with Crippen LogP contribution < -0.4 is 10.1 Å². The molecule has 0 bridgehead atoms. The van der Waals surface area contributed by atoms with E-state index in [1.54, 1.807) is 7.11 Å². The van der Waals surface area contributed by atoms with Crippen LogP contribution in [0, 0.1) is 5.92 Å². The number of nitrogens with one attached hydrogen (secondary N) is 1. The Labute approximate surface area is 128 Å². The Morgan fingerprint density at radius 3 is 2.65 bits per heavy atom. The summed E-state index contributed by atoms with van der Waals surface area (Å²) < 4.78 is 6.05. The van der Waals surface area contributed by atoms with Gasteiger partial charge in [0.25, 0.3) is 0 Å². The number of rotatable bonds is 7. The molecule has 0 aromatic heterocycles. The maximum atomic E-state index is 11.8. The number of aryl methyl sites for hydroxylation is 1. The van der Waals surface area contributed by atoms with Crippen LogP contribution >= 0.6 is 15.9 Å². The molecule has 20 heavy (non-hydrogen) atoms. The van der Waals surface area contributed by atoms with E-state index in [4.69, 9.17) is 4.74 Å². The topological polar surface area (TPSA) is 58.6 Å². The Kier molecular flexibility index (Phi) is 7.02. The Hall–Kier alpha value is -1.07. The lowest BCUT2D eigenvalue weighted by Gasteiger charge is -2.19. The van der Waals surface area contributed by atoms with Gasteiger partial charge >= 0.3 is 0 Å². The van der Waals surface area contributed by atoms with E-state index >= 15 is 0 Å². The monoisotopic (exact) mass is 343 g/mol. The summed E-state index contributed by atoms with van der Waals surface area (Å²) in [5.74, 6) is 0.960. The van der Waals surface area contributed by atoms with Crippen LogP contribution in [0.1, 0.15) is 25.8 Å². The summed E-state index contributed by atoms with van der Waals surface area (Å²) in [4.78, 5) is 11.8. The molecule has 0 aliphatic rings. The van der Waals surface area contributed by atoms with Gasteiger partial charge in [-0.3, -0.25) is 4.79 Å². The van der Waals surface area contributed by atoms with Crippen molar-refractivity contribution in [2.24, 2.45) is 5.92 Å². The largest absolute Gasteiger partial charge is 0.496 e. The molecule has 5 heteroatoms.